The number of amides is 1. The lowest BCUT2D eigenvalue weighted by Gasteiger charge is -2.50. The molecule has 4 heterocycles. The van der Waals surface area contributed by atoms with E-state index in [9.17, 15) is 4.79 Å². The Hall–Kier alpha value is -1.44. The number of likely N-dealkylation sites (tertiary alicyclic amines) is 1. The monoisotopic (exact) mass is 406 g/mol. The largest absolute Gasteiger partial charge is 0.336 e. The van der Waals surface area contributed by atoms with Crippen molar-refractivity contribution < 1.29 is 4.79 Å². The highest BCUT2D eigenvalue weighted by Crippen LogP contribution is 2.35. The topological polar surface area (TPSA) is 48.5 Å². The van der Waals surface area contributed by atoms with Gasteiger partial charge in [0.1, 0.15) is 11.5 Å². The van der Waals surface area contributed by atoms with Crippen molar-refractivity contribution in [3.05, 3.63) is 44.7 Å². The third kappa shape index (κ3) is 2.74. The summed E-state index contributed by atoms with van der Waals surface area (Å²) in [5, 5.41) is 3.24. The fourth-order valence-corrected chi connectivity index (χ4v) is 5.13. The van der Waals surface area contributed by atoms with Crippen LogP contribution in [0.4, 0.5) is 5.82 Å². The van der Waals surface area contributed by atoms with Crippen molar-refractivity contribution in [1.82, 2.24) is 15.2 Å². The summed E-state index contributed by atoms with van der Waals surface area (Å²) in [5.74, 6) is 0.781. The Morgan fingerprint density at radius 3 is 2.83 bits per heavy atom. The summed E-state index contributed by atoms with van der Waals surface area (Å²) in [6.07, 6.45) is 3.56. The van der Waals surface area contributed by atoms with E-state index in [0.717, 1.165) is 38.3 Å². The maximum absolute atomic E-state index is 12.5. The fourth-order valence-electron chi connectivity index (χ4n) is 3.61. The van der Waals surface area contributed by atoms with E-state index in [1.807, 2.05) is 19.2 Å². The van der Waals surface area contributed by atoms with Gasteiger partial charge in [-0.05, 0) is 40.2 Å². The highest BCUT2D eigenvalue weighted by Gasteiger charge is 2.44. The predicted octanol–water partition coefficient (Wildman–Crippen LogP) is 3.08. The van der Waals surface area contributed by atoms with E-state index < -0.39 is 0 Å². The van der Waals surface area contributed by atoms with Crippen LogP contribution in [-0.4, -0.2) is 41.6 Å². The Morgan fingerprint density at radius 2 is 2.12 bits per heavy atom. The lowest BCUT2D eigenvalue weighted by atomic mass is 9.91. The first-order chi connectivity index (χ1) is 11.6. The van der Waals surface area contributed by atoms with E-state index in [1.165, 1.54) is 8.66 Å². The van der Waals surface area contributed by atoms with Gasteiger partial charge < -0.3 is 10.2 Å². The van der Waals surface area contributed by atoms with Crippen LogP contribution in [0.2, 0.25) is 0 Å². The van der Waals surface area contributed by atoms with Gasteiger partial charge in [-0.2, -0.15) is 0 Å². The summed E-state index contributed by atoms with van der Waals surface area (Å²) >= 11 is 5.31. The summed E-state index contributed by atoms with van der Waals surface area (Å²) in [4.78, 5) is 22.9. The van der Waals surface area contributed by atoms with Crippen LogP contribution in [-0.2, 0) is 6.54 Å². The quantitative estimate of drug-likeness (QED) is 0.832. The maximum atomic E-state index is 12.5. The molecule has 1 saturated heterocycles. The number of anilines is 1. The van der Waals surface area contributed by atoms with Crippen molar-refractivity contribution >= 4 is 39.0 Å². The zero-order valence-electron chi connectivity index (χ0n) is 13.5. The molecule has 0 aliphatic carbocycles. The minimum absolute atomic E-state index is 0.00756. The number of rotatable bonds is 2. The van der Waals surface area contributed by atoms with Gasteiger partial charge in [0.25, 0.3) is 5.91 Å². The van der Waals surface area contributed by atoms with Crippen molar-refractivity contribution in [2.75, 3.05) is 25.0 Å². The Balaban J connectivity index is 1.49. The van der Waals surface area contributed by atoms with Crippen LogP contribution in [0.3, 0.4) is 0 Å². The molecule has 0 aromatic carbocycles. The van der Waals surface area contributed by atoms with E-state index in [1.54, 1.807) is 17.5 Å². The molecule has 7 heteroatoms. The lowest BCUT2D eigenvalue weighted by molar-refractivity contribution is 0.0772. The van der Waals surface area contributed by atoms with E-state index in [4.69, 9.17) is 0 Å². The maximum Gasteiger partial charge on any atom is 0.256 e. The number of hydrogen-bond donors (Lipinski definition) is 1. The summed E-state index contributed by atoms with van der Waals surface area (Å²) in [7, 11) is 2.04. The summed E-state index contributed by atoms with van der Waals surface area (Å²) in [5.41, 5.74) is 0.349. The van der Waals surface area contributed by atoms with Gasteiger partial charge in [-0.15, -0.1) is 11.3 Å². The zero-order valence-corrected chi connectivity index (χ0v) is 15.9. The highest BCUT2D eigenvalue weighted by molar-refractivity contribution is 9.11. The number of carbonyl (C=O) groups is 1. The molecule has 0 unspecified atom stereocenters. The standard InChI is InChI=1S/C17H19BrN4OS/c1-21-15-13(3-2-8-19-15)16(23)20-17(21)6-9-22(10-7-17)11-12-4-5-14(18)24-12/h2-5,8H,6-7,9-11H2,1H3,(H,20,23). The second-order valence-electron chi connectivity index (χ2n) is 6.40. The average Bonchev–Trinajstić information content (AvgIpc) is 3.00. The Kier molecular flexibility index (Phi) is 4.10. The van der Waals surface area contributed by atoms with Crippen LogP contribution in [0.15, 0.2) is 34.2 Å². The molecular formula is C17H19BrN4OS. The second-order valence-corrected chi connectivity index (χ2v) is 8.95. The van der Waals surface area contributed by atoms with Gasteiger partial charge in [0.05, 0.1) is 9.35 Å². The van der Waals surface area contributed by atoms with Crippen molar-refractivity contribution in [3.63, 3.8) is 0 Å². The number of piperidine rings is 1. The molecule has 2 aromatic heterocycles. The number of aromatic nitrogens is 1. The number of halogens is 1. The second kappa shape index (κ2) is 6.13. The van der Waals surface area contributed by atoms with E-state index >= 15 is 0 Å². The Bertz CT molecular complexity index is 769. The van der Waals surface area contributed by atoms with Crippen LogP contribution >= 0.6 is 27.3 Å². The number of thiophene rings is 1. The third-order valence-electron chi connectivity index (χ3n) is 5.03. The number of nitrogens with one attached hydrogen (secondary N) is 1. The van der Waals surface area contributed by atoms with Crippen LogP contribution in [0.5, 0.6) is 0 Å². The molecule has 0 saturated carbocycles. The van der Waals surface area contributed by atoms with Crippen molar-refractivity contribution in [3.8, 4) is 0 Å². The number of nitrogens with zero attached hydrogens (tertiary/aromatic N) is 3. The summed E-state index contributed by atoms with van der Waals surface area (Å²) < 4.78 is 1.17. The van der Waals surface area contributed by atoms with Gasteiger partial charge in [-0.25, -0.2) is 4.98 Å². The minimum atomic E-state index is -0.315. The molecule has 2 aromatic rings. The van der Waals surface area contributed by atoms with E-state index in [-0.39, 0.29) is 11.6 Å². The average molecular weight is 407 g/mol. The van der Waals surface area contributed by atoms with Crippen molar-refractivity contribution in [2.24, 2.45) is 0 Å². The van der Waals surface area contributed by atoms with E-state index in [2.05, 4.69) is 48.2 Å². The van der Waals surface area contributed by atoms with Gasteiger partial charge >= 0.3 is 0 Å². The van der Waals surface area contributed by atoms with Gasteiger partial charge in [-0.3, -0.25) is 9.69 Å². The number of fused-ring (bicyclic) bond motifs is 1. The minimum Gasteiger partial charge on any atom is -0.336 e. The first-order valence-corrected chi connectivity index (χ1v) is 9.66. The number of carbonyl (C=O) groups excluding carboxylic acids is 1. The SMILES string of the molecule is CN1c2ncccc2C(=O)NC12CCN(Cc1ccc(Br)s1)CC2. The van der Waals surface area contributed by atoms with Crippen molar-refractivity contribution in [2.45, 2.75) is 25.0 Å². The van der Waals surface area contributed by atoms with E-state index in [0.29, 0.717) is 5.56 Å². The predicted molar refractivity (Wildman–Crippen MR) is 99.4 cm³/mol. The first-order valence-electron chi connectivity index (χ1n) is 8.05. The zero-order chi connectivity index (χ0) is 16.7. The molecule has 1 fully saturated rings. The molecule has 0 bridgehead atoms. The molecule has 24 heavy (non-hydrogen) atoms. The Labute approximate surface area is 153 Å². The molecule has 4 rings (SSSR count). The molecule has 0 atom stereocenters. The number of hydrogen-bond acceptors (Lipinski definition) is 5. The molecule has 1 N–H and O–H groups in total. The molecular weight excluding hydrogens is 388 g/mol. The summed E-state index contributed by atoms with van der Waals surface area (Å²) in [6, 6.07) is 7.92. The molecule has 2 aliphatic rings. The van der Waals surface area contributed by atoms with Crippen LogP contribution in [0.25, 0.3) is 0 Å². The van der Waals surface area contributed by atoms with Gasteiger partial charge in [0.15, 0.2) is 0 Å². The number of pyridine rings is 1. The van der Waals surface area contributed by atoms with Gasteiger partial charge in [0.2, 0.25) is 0 Å². The first kappa shape index (κ1) is 16.1. The summed E-state index contributed by atoms with van der Waals surface area (Å²) in [6.45, 7) is 2.89. The molecule has 0 radical (unpaired) electrons. The Morgan fingerprint density at radius 1 is 1.33 bits per heavy atom. The van der Waals surface area contributed by atoms with Gasteiger partial charge in [-0.1, -0.05) is 0 Å². The smallest absolute Gasteiger partial charge is 0.256 e. The fraction of sp³-hybridized carbons (Fsp3) is 0.412. The molecule has 1 amide bonds. The third-order valence-corrected chi connectivity index (χ3v) is 6.64. The molecule has 1 spiro atoms. The van der Waals surface area contributed by atoms with Crippen LogP contribution in [0.1, 0.15) is 28.1 Å². The molecule has 2 aliphatic heterocycles. The normalized spacial score (nSPS) is 20.1. The molecule has 126 valence electrons. The van der Waals surface area contributed by atoms with Crippen LogP contribution in [0, 0.1) is 0 Å². The van der Waals surface area contributed by atoms with Crippen molar-refractivity contribution in [1.29, 1.82) is 0 Å². The van der Waals surface area contributed by atoms with Crippen LogP contribution < -0.4 is 10.2 Å². The highest BCUT2D eigenvalue weighted by atomic mass is 79.9. The van der Waals surface area contributed by atoms with Gasteiger partial charge in [0, 0.05) is 50.6 Å². The lowest BCUT2D eigenvalue weighted by Crippen LogP contribution is -2.66. The molecule has 5 nitrogen and oxygen atoms in total.